The summed E-state index contributed by atoms with van der Waals surface area (Å²) >= 11 is 6.01. The number of carbonyl (C=O) groups is 5. The van der Waals surface area contributed by atoms with Crippen LogP contribution in [0.2, 0.25) is 5.02 Å². The molecule has 1 heterocycles. The molecule has 5 fully saturated rings. The molecular weight excluding hydrogens is 838 g/mol. The van der Waals surface area contributed by atoms with E-state index in [1.54, 1.807) is 19.9 Å². The fourth-order valence-electron chi connectivity index (χ4n) is 15.0. The third-order valence-electron chi connectivity index (χ3n) is 19.0. The number of ketones is 1. The van der Waals surface area contributed by atoms with Crippen LogP contribution in [-0.2, 0) is 35.3 Å². The van der Waals surface area contributed by atoms with Crippen LogP contribution in [0.15, 0.2) is 59.8 Å². The van der Waals surface area contributed by atoms with E-state index < -0.39 is 22.4 Å². The Balaban J connectivity index is 0.980. The molecule has 2 aromatic rings. The lowest BCUT2D eigenvalue weighted by Gasteiger charge is -2.72. The van der Waals surface area contributed by atoms with Crippen molar-refractivity contribution in [3.05, 3.63) is 76.1 Å². The Hall–Kier alpha value is -4.05. The lowest BCUT2D eigenvalue weighted by molar-refractivity contribution is -0.235. The van der Waals surface area contributed by atoms with Crippen LogP contribution in [0.5, 0.6) is 0 Å². The number of nitrogens with one attached hydrogen (secondary N) is 2. The number of fused-ring (bicyclic) bond motifs is 7. The van der Waals surface area contributed by atoms with Crippen LogP contribution < -0.4 is 10.6 Å². The van der Waals surface area contributed by atoms with E-state index in [1.165, 1.54) is 12.3 Å². The average molecular weight is 911 g/mol. The molecule has 352 valence electrons. The maximum absolute atomic E-state index is 14.4. The van der Waals surface area contributed by atoms with Gasteiger partial charge >= 0.3 is 11.9 Å². The number of nitrogens with zero attached hydrogens (tertiary/aromatic N) is 1. The molecule has 10 nitrogen and oxygen atoms in total. The van der Waals surface area contributed by atoms with E-state index in [-0.39, 0.29) is 93.8 Å². The zero-order chi connectivity index (χ0) is 47.3. The summed E-state index contributed by atoms with van der Waals surface area (Å²) in [5, 5.41) is 6.74. The summed E-state index contributed by atoms with van der Waals surface area (Å²) < 4.78 is 12.3. The van der Waals surface area contributed by atoms with Gasteiger partial charge in [0.25, 0.3) is 5.91 Å². The molecule has 65 heavy (non-hydrogen) atoms. The van der Waals surface area contributed by atoms with E-state index in [1.807, 2.05) is 44.2 Å². The number of halogens is 1. The van der Waals surface area contributed by atoms with Gasteiger partial charge in [-0.25, -0.2) is 4.98 Å². The summed E-state index contributed by atoms with van der Waals surface area (Å²) in [5.41, 5.74) is 0.0622. The maximum Gasteiger partial charge on any atom is 0.309 e. The SMILES string of the molecule is CC(C)C1=C2[C@H]3CC[C@@H]4[C@@]5(C)CC[C@H](OC(=O)[C@H]6C[C@@H](C(=O)OCc7ccccc7)C6(C)C)C(C)(C)[C@@H]5CC[C@@]4(C)[C@]3(C)CC[C@@]2(NC(=O)C(C)(C)NC(=O)c2ccc(Cl)cn2)CC1=O. The van der Waals surface area contributed by atoms with E-state index in [0.717, 1.165) is 61.7 Å². The number of aromatic nitrogens is 1. The molecule has 8 rings (SSSR count). The second-order valence-corrected chi connectivity index (χ2v) is 24.2. The molecule has 0 bridgehead atoms. The molecule has 2 N–H and O–H groups in total. The first-order valence-corrected chi connectivity index (χ1v) is 24.7. The Morgan fingerprint density at radius 3 is 2.15 bits per heavy atom. The van der Waals surface area contributed by atoms with Crippen molar-refractivity contribution in [3.8, 4) is 0 Å². The first-order chi connectivity index (χ1) is 30.3. The summed E-state index contributed by atoms with van der Waals surface area (Å²) in [4.78, 5) is 73.3. The van der Waals surface area contributed by atoms with Crippen LogP contribution in [0.3, 0.4) is 0 Å². The van der Waals surface area contributed by atoms with E-state index >= 15 is 0 Å². The van der Waals surface area contributed by atoms with Crippen molar-refractivity contribution in [2.75, 3.05) is 0 Å². The molecular formula is C54H72ClN3O7. The molecule has 10 atom stereocenters. The molecule has 11 heteroatoms. The normalized spacial score (nSPS) is 35.7. The van der Waals surface area contributed by atoms with Crippen LogP contribution in [0, 0.1) is 62.6 Å². The lowest BCUT2D eigenvalue weighted by atomic mass is 9.33. The fraction of sp³-hybridized carbons (Fsp3) is 0.667. The predicted molar refractivity (Wildman–Crippen MR) is 250 cm³/mol. The van der Waals surface area contributed by atoms with Crippen LogP contribution in [0.1, 0.15) is 156 Å². The molecule has 2 amide bonds. The second-order valence-electron chi connectivity index (χ2n) is 23.7. The van der Waals surface area contributed by atoms with Crippen LogP contribution in [0.25, 0.3) is 0 Å². The molecule has 6 aliphatic rings. The van der Waals surface area contributed by atoms with E-state index in [4.69, 9.17) is 21.1 Å². The molecule has 1 aromatic heterocycles. The Morgan fingerprint density at radius 2 is 1.51 bits per heavy atom. The molecule has 0 aliphatic heterocycles. The van der Waals surface area contributed by atoms with Gasteiger partial charge in [-0.2, -0.15) is 0 Å². The average Bonchev–Trinajstić information content (AvgIpc) is 3.53. The number of Topliss-reactive ketones (excluding diaryl/α,β-unsaturated/α-hetero) is 1. The van der Waals surface area contributed by atoms with E-state index in [2.05, 4.69) is 64.1 Å². The number of rotatable bonds is 10. The number of hydrogen-bond acceptors (Lipinski definition) is 8. The third-order valence-corrected chi connectivity index (χ3v) is 19.2. The second kappa shape index (κ2) is 16.3. The number of amides is 2. The molecule has 0 unspecified atom stereocenters. The van der Waals surface area contributed by atoms with Gasteiger partial charge in [0.1, 0.15) is 23.9 Å². The van der Waals surface area contributed by atoms with Gasteiger partial charge in [-0.1, -0.05) is 104 Å². The van der Waals surface area contributed by atoms with Crippen LogP contribution >= 0.6 is 11.6 Å². The smallest absolute Gasteiger partial charge is 0.309 e. The Morgan fingerprint density at radius 1 is 0.815 bits per heavy atom. The number of ether oxygens (including phenoxy) is 2. The number of carbonyl (C=O) groups excluding carboxylic acids is 5. The summed E-state index contributed by atoms with van der Waals surface area (Å²) in [6.07, 6.45) is 9.15. The third kappa shape index (κ3) is 7.58. The van der Waals surface area contributed by atoms with Crippen molar-refractivity contribution < 1.29 is 33.4 Å². The van der Waals surface area contributed by atoms with Crippen molar-refractivity contribution in [3.63, 3.8) is 0 Å². The van der Waals surface area contributed by atoms with Crippen LogP contribution in [0.4, 0.5) is 0 Å². The largest absolute Gasteiger partial charge is 0.462 e. The van der Waals surface area contributed by atoms with Gasteiger partial charge in [0, 0.05) is 18.0 Å². The highest BCUT2D eigenvalue weighted by atomic mass is 35.5. The van der Waals surface area contributed by atoms with Crippen molar-refractivity contribution >= 4 is 41.1 Å². The minimum atomic E-state index is -1.29. The summed E-state index contributed by atoms with van der Waals surface area (Å²) in [7, 11) is 0. The van der Waals surface area contributed by atoms with Crippen LogP contribution in [-0.4, -0.2) is 51.7 Å². The summed E-state index contributed by atoms with van der Waals surface area (Å²) in [6.45, 7) is 24.0. The number of esters is 2. The number of pyridine rings is 1. The highest BCUT2D eigenvalue weighted by molar-refractivity contribution is 6.30. The van der Waals surface area contributed by atoms with Crippen molar-refractivity contribution in [1.29, 1.82) is 0 Å². The van der Waals surface area contributed by atoms with Crippen molar-refractivity contribution in [1.82, 2.24) is 15.6 Å². The van der Waals surface area contributed by atoms with Gasteiger partial charge in [-0.15, -0.1) is 0 Å². The first-order valence-electron chi connectivity index (χ1n) is 24.3. The number of hydrogen-bond donors (Lipinski definition) is 2. The highest BCUT2D eigenvalue weighted by Gasteiger charge is 2.71. The summed E-state index contributed by atoms with van der Waals surface area (Å²) in [6, 6.07) is 12.8. The number of benzene rings is 1. The minimum absolute atomic E-state index is 0.00440. The molecule has 0 saturated heterocycles. The molecule has 0 radical (unpaired) electrons. The highest BCUT2D eigenvalue weighted by Crippen LogP contribution is 2.76. The Labute approximate surface area is 391 Å². The first kappa shape index (κ1) is 47.4. The Kier molecular flexibility index (Phi) is 11.9. The predicted octanol–water partition coefficient (Wildman–Crippen LogP) is 10.4. The monoisotopic (exact) mass is 910 g/mol. The summed E-state index contributed by atoms with van der Waals surface area (Å²) in [5.74, 6) is -0.955. The van der Waals surface area contributed by atoms with Crippen molar-refractivity contribution in [2.24, 2.45) is 62.6 Å². The van der Waals surface area contributed by atoms with Gasteiger partial charge in [0.05, 0.1) is 22.4 Å². The Bertz CT molecular complexity index is 2290. The topological polar surface area (TPSA) is 141 Å². The van der Waals surface area contributed by atoms with E-state index in [0.29, 0.717) is 29.7 Å². The molecule has 6 aliphatic carbocycles. The van der Waals surface area contributed by atoms with Gasteiger partial charge in [0.2, 0.25) is 5.91 Å². The standard InChI is InChI=1S/C54H72ClN3O7/c1-31(2)42-38(59)28-54(58-47(63)50(7,8)57-44(60)37-19-17-33(55)29-56-37)26-25-52(10)34(43(42)54)18-20-40-51(9)23-22-41(49(5,6)39(51)21-24-53(40,52)11)65-46(62)36-27-35(48(36,3)4)45(61)64-30-32-15-13-12-14-16-32/h12-17,19,29,31,34-36,39-41H,18,20-28,30H2,1-11H3,(H,57,60)(H,58,63)/t34-,35+,36-,39+,40-,41+,51+,52-,53-,54-/m1/s1. The van der Waals surface area contributed by atoms with Crippen molar-refractivity contribution in [2.45, 2.75) is 164 Å². The minimum Gasteiger partial charge on any atom is -0.462 e. The van der Waals surface area contributed by atoms with Gasteiger partial charge in [0.15, 0.2) is 5.78 Å². The number of allylic oxidation sites excluding steroid dienone is 1. The molecule has 0 spiro atoms. The van der Waals surface area contributed by atoms with Gasteiger partial charge < -0.3 is 20.1 Å². The van der Waals surface area contributed by atoms with E-state index in [9.17, 15) is 24.0 Å². The van der Waals surface area contributed by atoms with Gasteiger partial charge in [-0.05, 0) is 146 Å². The zero-order valence-electron chi connectivity index (χ0n) is 40.6. The lowest BCUT2D eigenvalue weighted by Crippen LogP contribution is -2.68. The molecule has 5 saturated carbocycles. The zero-order valence-corrected chi connectivity index (χ0v) is 41.4. The maximum atomic E-state index is 14.4. The van der Waals surface area contributed by atoms with Gasteiger partial charge in [-0.3, -0.25) is 24.0 Å². The fourth-order valence-corrected chi connectivity index (χ4v) is 15.1. The quantitative estimate of drug-likeness (QED) is 0.225. The molecule has 1 aromatic carbocycles.